The Morgan fingerprint density at radius 3 is 2.68 bits per heavy atom. The number of nitrogen functional groups attached to an aromatic ring is 1. The van der Waals surface area contributed by atoms with Crippen molar-refractivity contribution in [1.82, 2.24) is 19.9 Å². The molecule has 3 heterocycles. The molecule has 0 saturated heterocycles. The minimum Gasteiger partial charge on any atom is -0.383 e. The summed E-state index contributed by atoms with van der Waals surface area (Å²) >= 11 is 0. The second-order valence-electron chi connectivity index (χ2n) is 8.59. The average Bonchev–Trinajstić information content (AvgIpc) is 2.85. The number of benzene rings is 2. The average molecular weight is 450 g/mol. The van der Waals surface area contributed by atoms with E-state index in [2.05, 4.69) is 74.3 Å². The van der Waals surface area contributed by atoms with Crippen LogP contribution in [0.5, 0.6) is 0 Å². The van der Waals surface area contributed by atoms with Gasteiger partial charge in [-0.1, -0.05) is 12.1 Å². The van der Waals surface area contributed by atoms with Gasteiger partial charge in [-0.15, -0.1) is 0 Å². The van der Waals surface area contributed by atoms with Crippen molar-refractivity contribution in [3.05, 3.63) is 89.5 Å². The van der Waals surface area contributed by atoms with Crippen LogP contribution in [-0.4, -0.2) is 27.0 Å². The lowest BCUT2D eigenvalue weighted by atomic mass is 9.96. The van der Waals surface area contributed by atoms with E-state index in [1.807, 2.05) is 31.4 Å². The summed E-state index contributed by atoms with van der Waals surface area (Å²) in [7, 11) is 2.04. The van der Waals surface area contributed by atoms with Crippen LogP contribution in [0.3, 0.4) is 0 Å². The highest BCUT2D eigenvalue weighted by Gasteiger charge is 2.11. The minimum atomic E-state index is 0.564. The van der Waals surface area contributed by atoms with Crippen molar-refractivity contribution < 1.29 is 0 Å². The number of nitrogens with two attached hydrogens (primary N) is 1. The first-order chi connectivity index (χ1) is 16.5. The molecule has 3 N–H and O–H groups in total. The number of nitrogens with zero attached hydrogens (tertiary/aromatic N) is 5. The fraction of sp³-hybridized carbons (Fsp3) is 0.185. The third-order valence-electron chi connectivity index (χ3n) is 6.29. The Morgan fingerprint density at radius 2 is 1.79 bits per heavy atom. The molecule has 0 bridgehead atoms. The molecule has 0 atom stereocenters. The third kappa shape index (κ3) is 4.20. The van der Waals surface area contributed by atoms with Crippen molar-refractivity contribution in [3.8, 4) is 0 Å². The predicted octanol–water partition coefficient (Wildman–Crippen LogP) is 5.02. The number of nitrogens with one attached hydrogen (secondary N) is 1. The molecule has 5 rings (SSSR count). The standard InChI is InChI=1S/C27H27N7/c1-17-11-22-21(8-10-30-27(22)28)18(2)23(17)14-31-25-13-26(33-16-32-25)34(3)15-19-6-7-24-20(12-19)5-4-9-29-24/h4-13,16H,14-15H2,1-3H3,(H2,28,30)(H,31,32,33). The van der Waals surface area contributed by atoms with Gasteiger partial charge < -0.3 is 16.0 Å². The quantitative estimate of drug-likeness (QED) is 0.376. The Hall–Kier alpha value is -4.26. The molecule has 2 aromatic carbocycles. The van der Waals surface area contributed by atoms with E-state index in [0.29, 0.717) is 12.4 Å². The lowest BCUT2D eigenvalue weighted by molar-refractivity contribution is 0.891. The molecule has 7 heteroatoms. The summed E-state index contributed by atoms with van der Waals surface area (Å²) in [5.41, 5.74) is 11.9. The maximum atomic E-state index is 6.09. The Morgan fingerprint density at radius 1 is 0.912 bits per heavy atom. The Kier molecular flexibility index (Phi) is 5.67. The minimum absolute atomic E-state index is 0.564. The fourth-order valence-corrected chi connectivity index (χ4v) is 4.41. The van der Waals surface area contributed by atoms with Crippen LogP contribution < -0.4 is 16.0 Å². The van der Waals surface area contributed by atoms with Gasteiger partial charge in [0.25, 0.3) is 0 Å². The number of fused-ring (bicyclic) bond motifs is 2. The summed E-state index contributed by atoms with van der Waals surface area (Å²) in [6, 6.07) is 16.5. The fourth-order valence-electron chi connectivity index (χ4n) is 4.41. The van der Waals surface area contributed by atoms with Gasteiger partial charge in [0.05, 0.1) is 5.52 Å². The molecular formula is C27H27N7. The number of hydrogen-bond donors (Lipinski definition) is 2. The molecule has 0 spiro atoms. The number of anilines is 3. The summed E-state index contributed by atoms with van der Waals surface area (Å²) < 4.78 is 0. The smallest absolute Gasteiger partial charge is 0.134 e. The van der Waals surface area contributed by atoms with E-state index >= 15 is 0 Å². The van der Waals surface area contributed by atoms with Gasteiger partial charge >= 0.3 is 0 Å². The molecule has 34 heavy (non-hydrogen) atoms. The van der Waals surface area contributed by atoms with Crippen LogP contribution in [0.15, 0.2) is 67.3 Å². The lowest BCUT2D eigenvalue weighted by Crippen LogP contribution is -2.18. The second kappa shape index (κ2) is 8.94. The van der Waals surface area contributed by atoms with E-state index in [1.54, 1.807) is 12.5 Å². The number of aromatic nitrogens is 4. The zero-order valence-corrected chi connectivity index (χ0v) is 19.6. The van der Waals surface area contributed by atoms with Crippen LogP contribution in [-0.2, 0) is 13.1 Å². The lowest BCUT2D eigenvalue weighted by Gasteiger charge is -2.19. The summed E-state index contributed by atoms with van der Waals surface area (Å²) in [5, 5.41) is 6.73. The van der Waals surface area contributed by atoms with E-state index < -0.39 is 0 Å². The predicted molar refractivity (Wildman–Crippen MR) is 139 cm³/mol. The largest absolute Gasteiger partial charge is 0.383 e. The molecule has 3 aromatic heterocycles. The first-order valence-electron chi connectivity index (χ1n) is 11.2. The Balaban J connectivity index is 1.33. The normalized spacial score (nSPS) is 11.1. The van der Waals surface area contributed by atoms with Crippen molar-refractivity contribution in [1.29, 1.82) is 0 Å². The van der Waals surface area contributed by atoms with Gasteiger partial charge in [0.15, 0.2) is 0 Å². The van der Waals surface area contributed by atoms with Crippen LogP contribution in [0.25, 0.3) is 21.7 Å². The molecule has 0 unspecified atom stereocenters. The van der Waals surface area contributed by atoms with Gasteiger partial charge in [0, 0.05) is 49.4 Å². The van der Waals surface area contributed by atoms with Gasteiger partial charge in [-0.05, 0) is 71.8 Å². The van der Waals surface area contributed by atoms with Crippen LogP contribution in [0.2, 0.25) is 0 Å². The molecule has 0 aliphatic rings. The van der Waals surface area contributed by atoms with E-state index in [0.717, 1.165) is 39.9 Å². The zero-order valence-electron chi connectivity index (χ0n) is 19.6. The summed E-state index contributed by atoms with van der Waals surface area (Å²) in [4.78, 5) is 19.7. The number of aryl methyl sites for hydroxylation is 2. The van der Waals surface area contributed by atoms with E-state index in [1.165, 1.54) is 22.3 Å². The monoisotopic (exact) mass is 449 g/mol. The van der Waals surface area contributed by atoms with Gasteiger partial charge in [-0.25, -0.2) is 15.0 Å². The molecule has 0 radical (unpaired) electrons. The maximum Gasteiger partial charge on any atom is 0.134 e. The van der Waals surface area contributed by atoms with Gasteiger partial charge in [0.2, 0.25) is 0 Å². The highest BCUT2D eigenvalue weighted by Crippen LogP contribution is 2.28. The highest BCUT2D eigenvalue weighted by molar-refractivity contribution is 5.94. The van der Waals surface area contributed by atoms with Crippen LogP contribution in [0.4, 0.5) is 17.5 Å². The van der Waals surface area contributed by atoms with Crippen molar-refractivity contribution in [2.24, 2.45) is 0 Å². The molecule has 0 fully saturated rings. The molecule has 7 nitrogen and oxygen atoms in total. The van der Waals surface area contributed by atoms with Crippen LogP contribution >= 0.6 is 0 Å². The first-order valence-corrected chi connectivity index (χ1v) is 11.2. The molecular weight excluding hydrogens is 422 g/mol. The van der Waals surface area contributed by atoms with E-state index in [-0.39, 0.29) is 0 Å². The summed E-state index contributed by atoms with van der Waals surface area (Å²) in [6.07, 6.45) is 5.18. The summed E-state index contributed by atoms with van der Waals surface area (Å²) in [5.74, 6) is 2.21. The first kappa shape index (κ1) is 21.6. The highest BCUT2D eigenvalue weighted by atomic mass is 15.2. The van der Waals surface area contributed by atoms with Crippen molar-refractivity contribution in [3.63, 3.8) is 0 Å². The van der Waals surface area contributed by atoms with Gasteiger partial charge in [0.1, 0.15) is 23.8 Å². The van der Waals surface area contributed by atoms with Gasteiger partial charge in [-0.3, -0.25) is 4.98 Å². The number of pyridine rings is 2. The van der Waals surface area contributed by atoms with Crippen LogP contribution in [0, 0.1) is 13.8 Å². The van der Waals surface area contributed by atoms with Crippen molar-refractivity contribution in [2.75, 3.05) is 23.0 Å². The van der Waals surface area contributed by atoms with E-state index in [9.17, 15) is 0 Å². The SMILES string of the molecule is Cc1cc2c(N)nccc2c(C)c1CNc1cc(N(C)Cc2ccc3ncccc3c2)ncn1. The molecule has 0 amide bonds. The molecule has 0 aliphatic heterocycles. The van der Waals surface area contributed by atoms with Crippen molar-refractivity contribution in [2.45, 2.75) is 26.9 Å². The maximum absolute atomic E-state index is 6.09. The zero-order chi connectivity index (χ0) is 23.7. The Labute approximate surface area is 198 Å². The summed E-state index contributed by atoms with van der Waals surface area (Å²) in [6.45, 7) is 5.63. The van der Waals surface area contributed by atoms with E-state index in [4.69, 9.17) is 5.73 Å². The molecule has 0 saturated carbocycles. The number of rotatable bonds is 6. The second-order valence-corrected chi connectivity index (χ2v) is 8.59. The topological polar surface area (TPSA) is 92.8 Å². The molecule has 170 valence electrons. The third-order valence-corrected chi connectivity index (χ3v) is 6.29. The number of hydrogen-bond acceptors (Lipinski definition) is 7. The molecule has 5 aromatic rings. The van der Waals surface area contributed by atoms with Crippen molar-refractivity contribution >= 4 is 39.1 Å². The Bertz CT molecular complexity index is 1500. The molecule has 0 aliphatic carbocycles. The van der Waals surface area contributed by atoms with Gasteiger partial charge in [-0.2, -0.15) is 0 Å². The van der Waals surface area contributed by atoms with Crippen LogP contribution in [0.1, 0.15) is 22.3 Å².